The summed E-state index contributed by atoms with van der Waals surface area (Å²) in [7, 11) is 0. The van der Waals surface area contributed by atoms with E-state index in [0.29, 0.717) is 11.5 Å². The molecular weight excluding hydrogens is 294 g/mol. The SMILES string of the molecule is N#Cc1ccc2cc(C(=O)NC3CN4CCC3CC4)sc2c1. The van der Waals surface area contributed by atoms with E-state index in [-0.39, 0.29) is 11.9 Å². The molecule has 3 saturated heterocycles. The lowest BCUT2D eigenvalue weighted by Gasteiger charge is -2.44. The van der Waals surface area contributed by atoms with Crippen LogP contribution in [-0.2, 0) is 0 Å². The molecule has 3 aliphatic rings. The van der Waals surface area contributed by atoms with E-state index >= 15 is 0 Å². The summed E-state index contributed by atoms with van der Waals surface area (Å²) in [5.74, 6) is 0.659. The van der Waals surface area contributed by atoms with Crippen LogP contribution in [-0.4, -0.2) is 36.5 Å². The van der Waals surface area contributed by atoms with Gasteiger partial charge in [0.25, 0.3) is 5.91 Å². The number of carbonyl (C=O) groups excluding carboxylic acids is 1. The summed E-state index contributed by atoms with van der Waals surface area (Å²) >= 11 is 1.47. The summed E-state index contributed by atoms with van der Waals surface area (Å²) < 4.78 is 0.998. The molecule has 5 rings (SSSR count). The average molecular weight is 311 g/mol. The van der Waals surface area contributed by atoms with Gasteiger partial charge in [0.05, 0.1) is 16.5 Å². The molecular formula is C17H17N3OS. The van der Waals surface area contributed by atoms with Gasteiger partial charge in [0, 0.05) is 17.3 Å². The van der Waals surface area contributed by atoms with Gasteiger partial charge in [-0.2, -0.15) is 5.26 Å². The molecule has 4 nitrogen and oxygen atoms in total. The van der Waals surface area contributed by atoms with E-state index in [1.165, 1.54) is 37.3 Å². The highest BCUT2D eigenvalue weighted by Crippen LogP contribution is 2.29. The maximum Gasteiger partial charge on any atom is 0.261 e. The Kier molecular flexibility index (Phi) is 3.36. The van der Waals surface area contributed by atoms with Gasteiger partial charge in [-0.1, -0.05) is 6.07 Å². The molecule has 22 heavy (non-hydrogen) atoms. The van der Waals surface area contributed by atoms with Gasteiger partial charge < -0.3 is 10.2 Å². The van der Waals surface area contributed by atoms with Crippen LogP contribution in [0.15, 0.2) is 24.3 Å². The highest BCUT2D eigenvalue weighted by Gasteiger charge is 2.35. The number of hydrogen-bond acceptors (Lipinski definition) is 4. The second kappa shape index (κ2) is 5.38. The smallest absolute Gasteiger partial charge is 0.261 e. The maximum atomic E-state index is 12.5. The molecule has 0 spiro atoms. The fourth-order valence-corrected chi connectivity index (χ4v) is 4.59. The molecule has 1 atom stereocenters. The minimum atomic E-state index is 0.0263. The molecule has 112 valence electrons. The average Bonchev–Trinajstić information content (AvgIpc) is 2.99. The molecule has 3 aliphatic heterocycles. The monoisotopic (exact) mass is 311 g/mol. The van der Waals surface area contributed by atoms with E-state index in [1.807, 2.05) is 18.2 Å². The van der Waals surface area contributed by atoms with Crippen molar-refractivity contribution in [3.8, 4) is 6.07 Å². The molecule has 3 fully saturated rings. The van der Waals surface area contributed by atoms with Crippen LogP contribution in [0.25, 0.3) is 10.1 Å². The molecule has 4 heterocycles. The van der Waals surface area contributed by atoms with Crippen molar-refractivity contribution in [1.29, 1.82) is 5.26 Å². The molecule has 1 aromatic carbocycles. The van der Waals surface area contributed by atoms with Crippen molar-refractivity contribution in [1.82, 2.24) is 10.2 Å². The third kappa shape index (κ3) is 2.39. The Labute approximate surface area is 133 Å². The number of rotatable bonds is 2. The Morgan fingerprint density at radius 2 is 2.14 bits per heavy atom. The van der Waals surface area contributed by atoms with Gasteiger partial charge >= 0.3 is 0 Å². The summed E-state index contributed by atoms with van der Waals surface area (Å²) in [6.45, 7) is 3.34. The highest BCUT2D eigenvalue weighted by molar-refractivity contribution is 7.20. The minimum absolute atomic E-state index is 0.0263. The van der Waals surface area contributed by atoms with Gasteiger partial charge in [0.15, 0.2) is 0 Å². The molecule has 5 heteroatoms. The number of fused-ring (bicyclic) bond motifs is 4. The summed E-state index contributed by atoms with van der Waals surface area (Å²) in [4.78, 5) is 15.7. The van der Waals surface area contributed by atoms with Crippen molar-refractivity contribution in [2.75, 3.05) is 19.6 Å². The first-order valence-corrected chi connectivity index (χ1v) is 8.51. The number of nitriles is 1. The zero-order chi connectivity index (χ0) is 15.1. The number of hydrogen-bond donors (Lipinski definition) is 1. The standard InChI is InChI=1S/C17H17N3OS/c18-9-11-1-2-13-8-16(22-15(13)7-11)17(21)19-14-10-20-5-3-12(14)4-6-20/h1-2,7-8,12,14H,3-6,10H2,(H,19,21). The highest BCUT2D eigenvalue weighted by atomic mass is 32.1. The quantitative estimate of drug-likeness (QED) is 0.927. The van der Waals surface area contributed by atoms with Crippen molar-refractivity contribution in [2.45, 2.75) is 18.9 Å². The Morgan fingerprint density at radius 3 is 2.82 bits per heavy atom. The van der Waals surface area contributed by atoms with Crippen LogP contribution < -0.4 is 5.32 Å². The zero-order valence-corrected chi connectivity index (χ0v) is 13.0. The number of piperidine rings is 3. The number of nitrogens with one attached hydrogen (secondary N) is 1. The summed E-state index contributed by atoms with van der Waals surface area (Å²) in [6.07, 6.45) is 2.39. The van der Waals surface area contributed by atoms with E-state index < -0.39 is 0 Å². The third-order valence-electron chi connectivity index (χ3n) is 4.85. The summed E-state index contributed by atoms with van der Waals surface area (Å²) in [5.41, 5.74) is 0.638. The second-order valence-corrected chi connectivity index (χ2v) is 7.28. The van der Waals surface area contributed by atoms with E-state index in [1.54, 1.807) is 6.07 Å². The fraction of sp³-hybridized carbons (Fsp3) is 0.412. The number of nitrogens with zero attached hydrogens (tertiary/aromatic N) is 2. The molecule has 1 N–H and O–H groups in total. The Morgan fingerprint density at radius 1 is 1.32 bits per heavy atom. The zero-order valence-electron chi connectivity index (χ0n) is 12.2. The number of thiophene rings is 1. The predicted molar refractivity (Wildman–Crippen MR) is 87.0 cm³/mol. The number of amides is 1. The lowest BCUT2D eigenvalue weighted by molar-refractivity contribution is 0.0622. The van der Waals surface area contributed by atoms with Crippen LogP contribution in [0.5, 0.6) is 0 Å². The predicted octanol–water partition coefficient (Wildman–Crippen LogP) is 2.60. The van der Waals surface area contributed by atoms with Crippen LogP contribution in [0, 0.1) is 17.2 Å². The van der Waals surface area contributed by atoms with Crippen molar-refractivity contribution in [3.05, 3.63) is 34.7 Å². The van der Waals surface area contributed by atoms with Gasteiger partial charge in [-0.15, -0.1) is 11.3 Å². The van der Waals surface area contributed by atoms with Crippen molar-refractivity contribution in [3.63, 3.8) is 0 Å². The molecule has 2 bridgehead atoms. The van der Waals surface area contributed by atoms with Crippen molar-refractivity contribution >= 4 is 27.3 Å². The third-order valence-corrected chi connectivity index (χ3v) is 5.94. The minimum Gasteiger partial charge on any atom is -0.347 e. The molecule has 1 amide bonds. The summed E-state index contributed by atoms with van der Waals surface area (Å²) in [5, 5.41) is 13.2. The lowest BCUT2D eigenvalue weighted by atomic mass is 9.84. The molecule has 0 saturated carbocycles. The van der Waals surface area contributed by atoms with Crippen LogP contribution in [0.1, 0.15) is 28.1 Å². The Hall–Kier alpha value is -1.90. The Balaban J connectivity index is 1.54. The molecule has 0 aliphatic carbocycles. The second-order valence-electron chi connectivity index (χ2n) is 6.19. The first-order valence-electron chi connectivity index (χ1n) is 7.70. The van der Waals surface area contributed by atoms with Gasteiger partial charge in [-0.25, -0.2) is 0 Å². The molecule has 1 unspecified atom stereocenters. The fourth-order valence-electron chi connectivity index (χ4n) is 3.58. The van der Waals surface area contributed by atoms with Gasteiger partial charge in [-0.3, -0.25) is 4.79 Å². The Bertz CT molecular complexity index is 768. The first-order chi connectivity index (χ1) is 10.7. The lowest BCUT2D eigenvalue weighted by Crippen LogP contribution is -2.57. The number of benzene rings is 1. The first kappa shape index (κ1) is 13.7. The van der Waals surface area contributed by atoms with Gasteiger partial charge in [-0.05, 0) is 55.4 Å². The topological polar surface area (TPSA) is 56.1 Å². The summed E-state index contributed by atoms with van der Waals surface area (Å²) in [6, 6.07) is 9.92. The van der Waals surface area contributed by atoms with Crippen LogP contribution in [0.2, 0.25) is 0 Å². The van der Waals surface area contributed by atoms with E-state index in [4.69, 9.17) is 5.26 Å². The van der Waals surface area contributed by atoms with Crippen LogP contribution in [0.3, 0.4) is 0 Å². The van der Waals surface area contributed by atoms with Crippen LogP contribution in [0.4, 0.5) is 0 Å². The van der Waals surface area contributed by atoms with Crippen molar-refractivity contribution < 1.29 is 4.79 Å². The van der Waals surface area contributed by atoms with Crippen LogP contribution >= 0.6 is 11.3 Å². The van der Waals surface area contributed by atoms with Gasteiger partial charge in [0.2, 0.25) is 0 Å². The largest absolute Gasteiger partial charge is 0.347 e. The normalized spacial score (nSPS) is 26.8. The van der Waals surface area contributed by atoms with E-state index in [2.05, 4.69) is 16.3 Å². The van der Waals surface area contributed by atoms with Gasteiger partial charge in [0.1, 0.15) is 0 Å². The van der Waals surface area contributed by atoms with Crippen molar-refractivity contribution in [2.24, 2.45) is 5.92 Å². The van der Waals surface area contributed by atoms with E-state index in [9.17, 15) is 4.79 Å². The molecule has 2 aromatic rings. The van der Waals surface area contributed by atoms with E-state index in [0.717, 1.165) is 21.5 Å². The number of carbonyl (C=O) groups is 1. The molecule has 1 aromatic heterocycles. The molecule has 0 radical (unpaired) electrons. The maximum absolute atomic E-state index is 12.5.